The summed E-state index contributed by atoms with van der Waals surface area (Å²) < 4.78 is 70.5. The van der Waals surface area contributed by atoms with E-state index in [4.69, 9.17) is 11.6 Å². The van der Waals surface area contributed by atoms with Crippen molar-refractivity contribution in [2.75, 3.05) is 43.6 Å². The van der Waals surface area contributed by atoms with Gasteiger partial charge >= 0.3 is 6.18 Å². The lowest BCUT2D eigenvalue weighted by molar-refractivity contribution is -0.216. The number of sulfonamides is 1. The molecule has 1 aromatic heterocycles. The van der Waals surface area contributed by atoms with Crippen LogP contribution in [-0.4, -0.2) is 80.6 Å². The molecule has 2 heterocycles. The molecule has 2 aliphatic rings. The fraction of sp³-hybridized carbons (Fsp3) is 0.600. The molecule has 39 heavy (non-hydrogen) atoms. The molecule has 9 nitrogen and oxygen atoms in total. The van der Waals surface area contributed by atoms with Crippen LogP contribution in [0.15, 0.2) is 24.4 Å². The predicted octanol–water partition coefficient (Wildman–Crippen LogP) is 4.12. The summed E-state index contributed by atoms with van der Waals surface area (Å²) in [7, 11) is -2.28. The molecule has 2 aromatic rings. The third-order valence-electron chi connectivity index (χ3n) is 7.13. The summed E-state index contributed by atoms with van der Waals surface area (Å²) in [5, 5.41) is 6.80. The Morgan fingerprint density at radius 2 is 1.85 bits per heavy atom. The van der Waals surface area contributed by atoms with Gasteiger partial charge in [0, 0.05) is 44.5 Å². The first-order valence-electron chi connectivity index (χ1n) is 12.9. The van der Waals surface area contributed by atoms with Gasteiger partial charge in [0.15, 0.2) is 11.9 Å². The van der Waals surface area contributed by atoms with E-state index in [-0.39, 0.29) is 18.6 Å². The topological polar surface area (TPSA) is 108 Å². The molecule has 14 heteroatoms. The van der Waals surface area contributed by atoms with Gasteiger partial charge in [-0.1, -0.05) is 30.5 Å². The van der Waals surface area contributed by atoms with E-state index in [1.807, 2.05) is 18.2 Å². The molecule has 0 saturated heterocycles. The van der Waals surface area contributed by atoms with Gasteiger partial charge in [-0.15, -0.1) is 0 Å². The quantitative estimate of drug-likeness (QED) is 0.400. The number of anilines is 3. The van der Waals surface area contributed by atoms with E-state index < -0.39 is 22.3 Å². The molecule has 0 spiro atoms. The van der Waals surface area contributed by atoms with E-state index in [9.17, 15) is 21.6 Å². The van der Waals surface area contributed by atoms with Crippen LogP contribution in [0.4, 0.5) is 30.6 Å². The summed E-state index contributed by atoms with van der Waals surface area (Å²) in [6.07, 6.45) is 1.03. The Hall–Kier alpha value is -2.19. The van der Waals surface area contributed by atoms with Crippen LogP contribution in [0, 0.1) is 0 Å². The maximum atomic E-state index is 13.2. The summed E-state index contributed by atoms with van der Waals surface area (Å²) in [5.41, 5.74) is 2.88. The minimum atomic E-state index is -4.40. The second-order valence-corrected chi connectivity index (χ2v) is 12.3. The van der Waals surface area contributed by atoms with Crippen molar-refractivity contribution in [3.63, 3.8) is 0 Å². The molecule has 3 N–H and O–H groups in total. The Balaban J connectivity index is 1.43. The number of ether oxygens (including phenoxy) is 1. The number of nitrogens with zero attached hydrogens (tertiary/aromatic N) is 3. The Morgan fingerprint density at radius 1 is 1.15 bits per heavy atom. The highest BCUT2D eigenvalue weighted by atomic mass is 35.5. The first-order valence-corrected chi connectivity index (χ1v) is 15.2. The summed E-state index contributed by atoms with van der Waals surface area (Å²) >= 11 is 6.36. The first kappa shape index (κ1) is 29.8. The van der Waals surface area contributed by atoms with Gasteiger partial charge in [-0.25, -0.2) is 18.1 Å². The van der Waals surface area contributed by atoms with Crippen molar-refractivity contribution in [3.05, 3.63) is 40.5 Å². The zero-order chi connectivity index (χ0) is 28.2. The Bertz CT molecular complexity index is 1250. The Kier molecular flexibility index (Phi) is 9.58. The molecular formula is C25H34ClF3N6O3S. The van der Waals surface area contributed by atoms with Crippen LogP contribution in [0.25, 0.3) is 0 Å². The number of nitrogens with one attached hydrogen (secondary N) is 3. The van der Waals surface area contributed by atoms with Crippen LogP contribution in [0.1, 0.15) is 36.8 Å². The molecule has 4 rings (SSSR count). The monoisotopic (exact) mass is 590 g/mol. The normalized spacial score (nSPS) is 21.6. The molecule has 0 unspecified atom stereocenters. The zero-order valence-corrected chi connectivity index (χ0v) is 23.5. The zero-order valence-electron chi connectivity index (χ0n) is 21.9. The summed E-state index contributed by atoms with van der Waals surface area (Å²) in [6, 6.07) is 5.39. The van der Waals surface area contributed by atoms with E-state index in [2.05, 4.69) is 30.1 Å². The number of alkyl halides is 3. The van der Waals surface area contributed by atoms with E-state index in [0.717, 1.165) is 49.4 Å². The van der Waals surface area contributed by atoms with E-state index in [1.54, 1.807) is 4.90 Å². The van der Waals surface area contributed by atoms with Gasteiger partial charge in [-0.05, 0) is 48.9 Å². The second kappa shape index (κ2) is 12.5. The summed E-state index contributed by atoms with van der Waals surface area (Å²) in [4.78, 5) is 10.6. The highest BCUT2D eigenvalue weighted by Gasteiger charge is 2.41. The number of methoxy groups -OCH3 is 1. The van der Waals surface area contributed by atoms with Crippen molar-refractivity contribution in [2.24, 2.45) is 0 Å². The molecule has 0 bridgehead atoms. The van der Waals surface area contributed by atoms with E-state index in [1.165, 1.54) is 6.20 Å². The summed E-state index contributed by atoms with van der Waals surface area (Å²) in [6.45, 7) is 0.804. The predicted molar refractivity (Wildman–Crippen MR) is 145 cm³/mol. The molecule has 1 aliphatic heterocycles. The molecule has 216 valence electrons. The number of rotatable bonds is 9. The smallest absolute Gasteiger partial charge is 0.371 e. The highest BCUT2D eigenvalue weighted by molar-refractivity contribution is 7.88. The second-order valence-electron chi connectivity index (χ2n) is 10.1. The van der Waals surface area contributed by atoms with Gasteiger partial charge in [-0.3, -0.25) is 4.90 Å². The minimum Gasteiger partial charge on any atom is -0.371 e. The van der Waals surface area contributed by atoms with Gasteiger partial charge in [0.2, 0.25) is 16.0 Å². The average molecular weight is 591 g/mol. The number of halogens is 4. The van der Waals surface area contributed by atoms with Crippen molar-refractivity contribution >= 4 is 39.1 Å². The van der Waals surface area contributed by atoms with Crippen molar-refractivity contribution in [2.45, 2.75) is 62.9 Å². The van der Waals surface area contributed by atoms with Gasteiger partial charge in [0.05, 0.1) is 12.5 Å². The van der Waals surface area contributed by atoms with Gasteiger partial charge in [0.1, 0.15) is 5.02 Å². The van der Waals surface area contributed by atoms with Gasteiger partial charge < -0.3 is 15.4 Å². The number of hydrogen-bond donors (Lipinski definition) is 3. The lowest BCUT2D eigenvalue weighted by Crippen LogP contribution is -2.48. The Labute approximate surface area is 231 Å². The van der Waals surface area contributed by atoms with Gasteiger partial charge in [0.25, 0.3) is 0 Å². The molecule has 1 aliphatic carbocycles. The number of aromatic nitrogens is 2. The van der Waals surface area contributed by atoms with E-state index >= 15 is 0 Å². The summed E-state index contributed by atoms with van der Waals surface area (Å²) in [5.74, 6) is 0.720. The third kappa shape index (κ3) is 8.40. The van der Waals surface area contributed by atoms with Crippen LogP contribution in [-0.2, 0) is 27.6 Å². The lowest BCUT2D eigenvalue weighted by atomic mass is 9.91. The van der Waals surface area contributed by atoms with E-state index in [0.29, 0.717) is 49.1 Å². The molecule has 1 saturated carbocycles. The van der Waals surface area contributed by atoms with Crippen molar-refractivity contribution < 1.29 is 26.3 Å². The lowest BCUT2D eigenvalue weighted by Gasteiger charge is -2.32. The van der Waals surface area contributed by atoms with Crippen molar-refractivity contribution in [1.29, 1.82) is 0 Å². The maximum Gasteiger partial charge on any atom is 0.415 e. The molecule has 0 amide bonds. The maximum absolute atomic E-state index is 13.2. The van der Waals surface area contributed by atoms with Gasteiger partial charge in [-0.2, -0.15) is 18.2 Å². The average Bonchev–Trinajstić information content (AvgIpc) is 3.06. The van der Waals surface area contributed by atoms with Crippen LogP contribution in [0.3, 0.4) is 0 Å². The largest absolute Gasteiger partial charge is 0.415 e. The fourth-order valence-corrected chi connectivity index (χ4v) is 6.11. The van der Waals surface area contributed by atoms with Crippen LogP contribution < -0.4 is 15.4 Å². The molecule has 0 radical (unpaired) electrons. The fourth-order valence-electron chi connectivity index (χ4n) is 5.13. The molecule has 1 aromatic carbocycles. The van der Waals surface area contributed by atoms with Crippen molar-refractivity contribution in [3.8, 4) is 0 Å². The first-order chi connectivity index (χ1) is 18.4. The Morgan fingerprint density at radius 3 is 2.51 bits per heavy atom. The minimum absolute atomic E-state index is 0.167. The van der Waals surface area contributed by atoms with Crippen LogP contribution in [0.2, 0.25) is 5.02 Å². The molecular weight excluding hydrogens is 557 g/mol. The van der Waals surface area contributed by atoms with Crippen LogP contribution in [0.5, 0.6) is 0 Å². The third-order valence-corrected chi connectivity index (χ3v) is 8.14. The number of benzene rings is 1. The van der Waals surface area contributed by atoms with Crippen molar-refractivity contribution in [1.82, 2.24) is 19.6 Å². The SMILES string of the molecule is CO[C@@H](CN1CCc2ccc(Nc3ncc(Cl)c(N[C@@H]4CCCC[C@H]4NS(C)(=O)=O)n3)cc2CC1)C(F)(F)F. The number of fused-ring (bicyclic) bond motifs is 1. The standard InChI is InChI=1S/C25H34ClF3N6O3S/c1-38-22(25(27,28)29)15-35-11-9-16-7-8-18(13-17(16)10-12-35)31-24-30-14-19(26)23(33-24)32-20-5-3-4-6-21(20)34-39(2,36)37/h7-8,13-14,20-22,34H,3-6,9-12,15H2,1-2H3,(H2,30,31,32,33)/t20-,21-,22+/m1/s1. The molecule has 3 atom stereocenters. The highest BCUT2D eigenvalue weighted by Crippen LogP contribution is 2.29. The van der Waals surface area contributed by atoms with Crippen LogP contribution >= 0.6 is 11.6 Å². The molecule has 1 fully saturated rings. The number of hydrogen-bond acceptors (Lipinski definition) is 8.